The molecule has 2 aliphatic rings. The number of aromatic nitrogens is 2. The first-order valence-electron chi connectivity index (χ1n) is 12.0. The minimum atomic E-state index is -0.128. The SMILES string of the molecule is Nc1nc(C(=O)N2Cc3ccccc3C2)c2cc(-c3ccccc3CN3CCC(N)C3)ccc2n1. The van der Waals surface area contributed by atoms with Crippen LogP contribution in [0.15, 0.2) is 66.7 Å². The van der Waals surface area contributed by atoms with Gasteiger partial charge in [-0.15, -0.1) is 0 Å². The summed E-state index contributed by atoms with van der Waals surface area (Å²) < 4.78 is 0. The Morgan fingerprint density at radius 2 is 1.71 bits per heavy atom. The van der Waals surface area contributed by atoms with Gasteiger partial charge in [-0.3, -0.25) is 9.69 Å². The molecule has 176 valence electrons. The van der Waals surface area contributed by atoms with Crippen LogP contribution >= 0.6 is 0 Å². The van der Waals surface area contributed by atoms with Crippen molar-refractivity contribution in [2.24, 2.45) is 5.73 Å². The Balaban J connectivity index is 1.37. The highest BCUT2D eigenvalue weighted by Gasteiger charge is 2.27. The van der Waals surface area contributed by atoms with Crippen LogP contribution in [-0.4, -0.2) is 44.8 Å². The molecule has 1 fully saturated rings. The summed E-state index contributed by atoms with van der Waals surface area (Å²) in [5.41, 5.74) is 18.9. The van der Waals surface area contributed by atoms with Crippen molar-refractivity contribution in [1.29, 1.82) is 0 Å². The second kappa shape index (κ2) is 8.76. The molecular weight excluding hydrogens is 436 g/mol. The number of hydrogen-bond acceptors (Lipinski definition) is 6. The van der Waals surface area contributed by atoms with Crippen LogP contribution in [0.5, 0.6) is 0 Å². The Morgan fingerprint density at radius 3 is 2.46 bits per heavy atom. The zero-order chi connectivity index (χ0) is 23.9. The van der Waals surface area contributed by atoms with Crippen LogP contribution in [0.4, 0.5) is 5.95 Å². The average Bonchev–Trinajstić information content (AvgIpc) is 3.49. The highest BCUT2D eigenvalue weighted by molar-refractivity contribution is 6.06. The number of nitrogen functional groups attached to an aromatic ring is 1. The molecule has 35 heavy (non-hydrogen) atoms. The molecule has 0 spiro atoms. The van der Waals surface area contributed by atoms with Crippen molar-refractivity contribution in [2.75, 3.05) is 18.8 Å². The first-order valence-corrected chi connectivity index (χ1v) is 12.0. The molecule has 4 aromatic rings. The Bertz CT molecular complexity index is 1410. The molecular formula is C28H28N6O. The van der Waals surface area contributed by atoms with Gasteiger partial charge in [-0.25, -0.2) is 9.97 Å². The number of hydrogen-bond donors (Lipinski definition) is 2. The summed E-state index contributed by atoms with van der Waals surface area (Å²) in [5.74, 6) is -0.0205. The van der Waals surface area contributed by atoms with Gasteiger partial charge in [-0.05, 0) is 46.4 Å². The van der Waals surface area contributed by atoms with Crippen molar-refractivity contribution in [3.63, 3.8) is 0 Å². The van der Waals surface area contributed by atoms with E-state index in [-0.39, 0.29) is 17.9 Å². The third-order valence-electron chi connectivity index (χ3n) is 7.07. The zero-order valence-corrected chi connectivity index (χ0v) is 19.5. The van der Waals surface area contributed by atoms with Crippen LogP contribution in [0.25, 0.3) is 22.0 Å². The van der Waals surface area contributed by atoms with E-state index in [9.17, 15) is 4.79 Å². The number of nitrogens with zero attached hydrogens (tertiary/aromatic N) is 4. The van der Waals surface area contributed by atoms with E-state index in [0.29, 0.717) is 24.3 Å². The van der Waals surface area contributed by atoms with Crippen molar-refractivity contribution in [2.45, 2.75) is 32.1 Å². The maximum Gasteiger partial charge on any atom is 0.273 e. The summed E-state index contributed by atoms with van der Waals surface area (Å²) in [6, 6.07) is 22.8. The first-order chi connectivity index (χ1) is 17.0. The molecule has 7 heteroatoms. The third kappa shape index (κ3) is 4.13. The number of carbonyl (C=O) groups is 1. The molecule has 0 bridgehead atoms. The lowest BCUT2D eigenvalue weighted by molar-refractivity contribution is 0.0747. The Morgan fingerprint density at radius 1 is 0.971 bits per heavy atom. The van der Waals surface area contributed by atoms with Crippen LogP contribution in [0.3, 0.4) is 0 Å². The van der Waals surface area contributed by atoms with Crippen molar-refractivity contribution in [3.05, 3.63) is 89.1 Å². The highest BCUT2D eigenvalue weighted by atomic mass is 16.2. The van der Waals surface area contributed by atoms with Crippen LogP contribution in [-0.2, 0) is 19.6 Å². The summed E-state index contributed by atoms with van der Waals surface area (Å²) >= 11 is 0. The fraction of sp³-hybridized carbons (Fsp3) is 0.250. The molecule has 0 aliphatic carbocycles. The molecule has 6 rings (SSSR count). The summed E-state index contributed by atoms with van der Waals surface area (Å²) in [6.07, 6.45) is 1.03. The van der Waals surface area contributed by atoms with Gasteiger partial charge in [0.15, 0.2) is 0 Å². The predicted molar refractivity (Wildman–Crippen MR) is 137 cm³/mol. The van der Waals surface area contributed by atoms with Gasteiger partial charge in [0.1, 0.15) is 5.69 Å². The van der Waals surface area contributed by atoms with Gasteiger partial charge < -0.3 is 16.4 Å². The minimum absolute atomic E-state index is 0.107. The van der Waals surface area contributed by atoms with E-state index in [1.165, 1.54) is 16.7 Å². The second-order valence-electron chi connectivity index (χ2n) is 9.53. The van der Waals surface area contributed by atoms with Gasteiger partial charge in [0.05, 0.1) is 5.52 Å². The second-order valence-corrected chi connectivity index (χ2v) is 9.53. The topological polar surface area (TPSA) is 101 Å². The van der Waals surface area contributed by atoms with E-state index in [1.807, 2.05) is 41.3 Å². The fourth-order valence-electron chi connectivity index (χ4n) is 5.29. The summed E-state index contributed by atoms with van der Waals surface area (Å²) in [6.45, 7) is 3.91. The molecule has 1 atom stereocenters. The van der Waals surface area contributed by atoms with E-state index < -0.39 is 0 Å². The third-order valence-corrected chi connectivity index (χ3v) is 7.07. The lowest BCUT2D eigenvalue weighted by Crippen LogP contribution is -2.27. The predicted octanol–water partition coefficient (Wildman–Crippen LogP) is 3.57. The molecule has 3 aromatic carbocycles. The number of fused-ring (bicyclic) bond motifs is 2. The van der Waals surface area contributed by atoms with Crippen LogP contribution in [0.1, 0.15) is 33.6 Å². The maximum absolute atomic E-state index is 13.6. The minimum Gasteiger partial charge on any atom is -0.368 e. The molecule has 0 radical (unpaired) electrons. The lowest BCUT2D eigenvalue weighted by atomic mass is 9.97. The summed E-state index contributed by atoms with van der Waals surface area (Å²) in [4.78, 5) is 26.7. The maximum atomic E-state index is 13.6. The van der Waals surface area contributed by atoms with Crippen LogP contribution in [0.2, 0.25) is 0 Å². The molecule has 7 nitrogen and oxygen atoms in total. The first kappa shape index (κ1) is 21.7. The molecule has 1 aromatic heterocycles. The van der Waals surface area contributed by atoms with E-state index in [1.54, 1.807) is 0 Å². The zero-order valence-electron chi connectivity index (χ0n) is 19.5. The lowest BCUT2D eigenvalue weighted by Gasteiger charge is -2.19. The Kier molecular flexibility index (Phi) is 5.43. The molecule has 4 N–H and O–H groups in total. The van der Waals surface area contributed by atoms with Gasteiger partial charge in [0, 0.05) is 44.2 Å². The normalized spacial score (nSPS) is 17.7. The van der Waals surface area contributed by atoms with E-state index in [0.717, 1.165) is 42.6 Å². The van der Waals surface area contributed by atoms with Gasteiger partial charge in [0.25, 0.3) is 5.91 Å². The Labute approximate surface area is 204 Å². The van der Waals surface area contributed by atoms with Crippen LogP contribution < -0.4 is 11.5 Å². The van der Waals surface area contributed by atoms with E-state index >= 15 is 0 Å². The number of likely N-dealkylation sites (tertiary alicyclic amines) is 1. The van der Waals surface area contributed by atoms with Gasteiger partial charge in [0.2, 0.25) is 5.95 Å². The largest absolute Gasteiger partial charge is 0.368 e. The molecule has 1 saturated heterocycles. The van der Waals surface area contributed by atoms with Gasteiger partial charge >= 0.3 is 0 Å². The number of amides is 1. The van der Waals surface area contributed by atoms with Crippen LogP contribution in [0, 0.1) is 0 Å². The van der Waals surface area contributed by atoms with Crippen molar-refractivity contribution in [1.82, 2.24) is 19.8 Å². The summed E-state index contributed by atoms with van der Waals surface area (Å²) in [7, 11) is 0. The van der Waals surface area contributed by atoms with Gasteiger partial charge in [-0.1, -0.05) is 54.6 Å². The van der Waals surface area contributed by atoms with Crippen molar-refractivity contribution in [3.8, 4) is 11.1 Å². The highest BCUT2D eigenvalue weighted by Crippen LogP contribution is 2.31. The van der Waals surface area contributed by atoms with E-state index in [2.05, 4.69) is 45.2 Å². The number of benzene rings is 3. The average molecular weight is 465 g/mol. The summed E-state index contributed by atoms with van der Waals surface area (Å²) in [5, 5.41) is 0.718. The standard InChI is InChI=1S/C28H28N6O/c29-22-11-12-33(17-22)14-21-7-3-4-8-23(21)18-9-10-25-24(13-18)26(32-28(30)31-25)27(35)34-15-19-5-1-2-6-20(19)16-34/h1-10,13,22H,11-12,14-17,29H2,(H2,30,31,32). The van der Waals surface area contributed by atoms with E-state index in [4.69, 9.17) is 11.5 Å². The number of carbonyl (C=O) groups excluding carboxylic acids is 1. The van der Waals surface area contributed by atoms with Crippen molar-refractivity contribution < 1.29 is 4.79 Å². The Hall–Kier alpha value is -3.81. The van der Waals surface area contributed by atoms with Gasteiger partial charge in [-0.2, -0.15) is 0 Å². The number of rotatable bonds is 4. The molecule has 0 saturated carbocycles. The van der Waals surface area contributed by atoms with Crippen molar-refractivity contribution >= 4 is 22.8 Å². The number of nitrogens with two attached hydrogens (primary N) is 2. The smallest absolute Gasteiger partial charge is 0.273 e. The fourth-order valence-corrected chi connectivity index (χ4v) is 5.29. The quantitative estimate of drug-likeness (QED) is 0.479. The molecule has 2 aliphatic heterocycles. The number of anilines is 1. The molecule has 3 heterocycles. The molecule has 1 amide bonds. The molecule has 1 unspecified atom stereocenters. The monoisotopic (exact) mass is 464 g/mol.